The zero-order valence-corrected chi connectivity index (χ0v) is 14.2. The fourth-order valence-electron chi connectivity index (χ4n) is 3.48. The molecule has 4 atom stereocenters. The van der Waals surface area contributed by atoms with E-state index in [-0.39, 0.29) is 13.0 Å². The van der Waals surface area contributed by atoms with E-state index in [1.807, 2.05) is 42.5 Å². The van der Waals surface area contributed by atoms with E-state index in [2.05, 4.69) is 0 Å². The number of rotatable bonds is 3. The summed E-state index contributed by atoms with van der Waals surface area (Å²) in [5.74, 6) is 1.46. The summed E-state index contributed by atoms with van der Waals surface area (Å²) in [5.41, 5.74) is 2.73. The standard InChI is InChI=1S/C20H22O6/c21-11-19-15(22)10-16(23)20(26-19)14-3-1-2-12(8-14)13-4-5-17-18(9-13)25-7-6-24-17/h1-5,8-9,15-16,19-23H,6-7,10-11H2/t15?,16-,19+,20?/m0/s1. The lowest BCUT2D eigenvalue weighted by Crippen LogP contribution is -2.44. The van der Waals surface area contributed by atoms with Gasteiger partial charge in [-0.15, -0.1) is 0 Å². The molecule has 138 valence electrons. The minimum Gasteiger partial charge on any atom is -0.486 e. The summed E-state index contributed by atoms with van der Waals surface area (Å²) >= 11 is 0. The molecule has 1 saturated heterocycles. The molecule has 0 spiro atoms. The first-order chi connectivity index (χ1) is 12.7. The molecule has 0 bridgehead atoms. The second-order valence-corrected chi connectivity index (χ2v) is 6.63. The molecule has 0 saturated carbocycles. The predicted octanol–water partition coefficient (Wildman–Crippen LogP) is 1.67. The number of ether oxygens (including phenoxy) is 3. The molecule has 2 aliphatic heterocycles. The van der Waals surface area contributed by atoms with E-state index in [4.69, 9.17) is 14.2 Å². The van der Waals surface area contributed by atoms with E-state index >= 15 is 0 Å². The molecule has 0 amide bonds. The van der Waals surface area contributed by atoms with E-state index in [1.165, 1.54) is 0 Å². The molecule has 3 N–H and O–H groups in total. The van der Waals surface area contributed by atoms with Crippen LogP contribution in [0.25, 0.3) is 11.1 Å². The molecule has 2 unspecified atom stereocenters. The first kappa shape index (κ1) is 17.3. The summed E-state index contributed by atoms with van der Waals surface area (Å²) < 4.78 is 16.9. The third kappa shape index (κ3) is 3.29. The fraction of sp³-hybridized carbons (Fsp3) is 0.400. The van der Waals surface area contributed by atoms with Gasteiger partial charge < -0.3 is 29.5 Å². The van der Waals surface area contributed by atoms with E-state index in [0.717, 1.165) is 28.2 Å². The Labute approximate surface area is 151 Å². The summed E-state index contributed by atoms with van der Waals surface area (Å²) in [6.45, 7) is 0.798. The molecule has 6 heteroatoms. The van der Waals surface area contributed by atoms with Crippen molar-refractivity contribution in [3.05, 3.63) is 48.0 Å². The SMILES string of the molecule is OC[C@H]1OC(c2cccc(-c3ccc4c(c3)OCCO4)c2)[C@@H](O)CC1O. The second kappa shape index (κ2) is 7.25. The number of fused-ring (bicyclic) bond motifs is 1. The van der Waals surface area contributed by atoms with Crippen molar-refractivity contribution >= 4 is 0 Å². The summed E-state index contributed by atoms with van der Waals surface area (Å²) in [6.07, 6.45) is -2.81. The predicted molar refractivity (Wildman–Crippen MR) is 94.2 cm³/mol. The minimum atomic E-state index is -0.868. The smallest absolute Gasteiger partial charge is 0.161 e. The van der Waals surface area contributed by atoms with Gasteiger partial charge in [-0.05, 0) is 34.9 Å². The van der Waals surface area contributed by atoms with Crippen LogP contribution >= 0.6 is 0 Å². The van der Waals surface area contributed by atoms with Crippen LogP contribution < -0.4 is 9.47 Å². The van der Waals surface area contributed by atoms with Crippen LogP contribution in [0.1, 0.15) is 18.1 Å². The lowest BCUT2D eigenvalue weighted by atomic mass is 9.92. The number of benzene rings is 2. The van der Waals surface area contributed by atoms with Gasteiger partial charge in [0.15, 0.2) is 11.5 Å². The Hall–Kier alpha value is -2.12. The van der Waals surface area contributed by atoms with Crippen LogP contribution in [0.4, 0.5) is 0 Å². The first-order valence-electron chi connectivity index (χ1n) is 8.78. The Bertz CT molecular complexity index is 777. The van der Waals surface area contributed by atoms with Gasteiger partial charge in [0, 0.05) is 6.42 Å². The summed E-state index contributed by atoms with van der Waals surface area (Å²) in [5, 5.41) is 29.6. The van der Waals surface area contributed by atoms with Gasteiger partial charge in [0.25, 0.3) is 0 Å². The van der Waals surface area contributed by atoms with Crippen LogP contribution in [0.2, 0.25) is 0 Å². The molecule has 26 heavy (non-hydrogen) atoms. The van der Waals surface area contributed by atoms with Gasteiger partial charge in [0.05, 0.1) is 18.8 Å². The number of hydrogen-bond donors (Lipinski definition) is 3. The van der Waals surface area contributed by atoms with Crippen molar-refractivity contribution in [1.82, 2.24) is 0 Å². The Morgan fingerprint density at radius 2 is 1.65 bits per heavy atom. The van der Waals surface area contributed by atoms with Gasteiger partial charge in [0.1, 0.15) is 25.4 Å². The molecule has 4 rings (SSSR count). The molecule has 0 radical (unpaired) electrons. The molecule has 2 heterocycles. The van der Waals surface area contributed by atoms with Gasteiger partial charge in [0.2, 0.25) is 0 Å². The summed E-state index contributed by atoms with van der Waals surface area (Å²) in [4.78, 5) is 0. The second-order valence-electron chi connectivity index (χ2n) is 6.63. The van der Waals surface area contributed by atoms with Crippen LogP contribution in [0, 0.1) is 0 Å². The fourth-order valence-corrected chi connectivity index (χ4v) is 3.48. The third-order valence-corrected chi connectivity index (χ3v) is 4.85. The first-order valence-corrected chi connectivity index (χ1v) is 8.78. The van der Waals surface area contributed by atoms with Crippen molar-refractivity contribution in [2.24, 2.45) is 0 Å². The van der Waals surface area contributed by atoms with Gasteiger partial charge >= 0.3 is 0 Å². The summed E-state index contributed by atoms with van der Waals surface area (Å²) in [7, 11) is 0. The van der Waals surface area contributed by atoms with Crippen molar-refractivity contribution in [3.63, 3.8) is 0 Å². The lowest BCUT2D eigenvalue weighted by Gasteiger charge is -2.36. The number of hydrogen-bond acceptors (Lipinski definition) is 6. The van der Waals surface area contributed by atoms with Crippen molar-refractivity contribution < 1.29 is 29.5 Å². The molecule has 2 aromatic rings. The molecule has 6 nitrogen and oxygen atoms in total. The van der Waals surface area contributed by atoms with Crippen molar-refractivity contribution in [3.8, 4) is 22.6 Å². The Morgan fingerprint density at radius 3 is 2.46 bits per heavy atom. The molecular formula is C20H22O6. The maximum atomic E-state index is 10.3. The van der Waals surface area contributed by atoms with E-state index in [0.29, 0.717) is 13.2 Å². The van der Waals surface area contributed by atoms with E-state index in [9.17, 15) is 15.3 Å². The topological polar surface area (TPSA) is 88.4 Å². The van der Waals surface area contributed by atoms with Gasteiger partial charge in [-0.1, -0.05) is 24.3 Å². The van der Waals surface area contributed by atoms with Crippen molar-refractivity contribution in [2.75, 3.05) is 19.8 Å². The Kier molecular flexibility index (Phi) is 4.82. The average molecular weight is 358 g/mol. The third-order valence-electron chi connectivity index (χ3n) is 4.85. The van der Waals surface area contributed by atoms with Gasteiger partial charge in [-0.3, -0.25) is 0 Å². The quantitative estimate of drug-likeness (QED) is 0.774. The molecule has 2 aromatic carbocycles. The normalized spacial score (nSPS) is 28.0. The highest BCUT2D eigenvalue weighted by Gasteiger charge is 2.36. The number of aliphatic hydroxyl groups excluding tert-OH is 3. The molecule has 0 aliphatic carbocycles. The van der Waals surface area contributed by atoms with Crippen LogP contribution in [0.5, 0.6) is 11.5 Å². The van der Waals surface area contributed by atoms with Crippen LogP contribution in [0.15, 0.2) is 42.5 Å². The highest BCUT2D eigenvalue weighted by atomic mass is 16.6. The molecule has 1 fully saturated rings. The molecule has 0 aromatic heterocycles. The van der Waals surface area contributed by atoms with Crippen LogP contribution in [-0.4, -0.2) is 53.5 Å². The van der Waals surface area contributed by atoms with Gasteiger partial charge in [-0.25, -0.2) is 0 Å². The molecular weight excluding hydrogens is 336 g/mol. The average Bonchev–Trinajstić information content (AvgIpc) is 2.68. The maximum Gasteiger partial charge on any atom is 0.161 e. The van der Waals surface area contributed by atoms with E-state index in [1.54, 1.807) is 0 Å². The van der Waals surface area contributed by atoms with Crippen molar-refractivity contribution in [2.45, 2.75) is 30.8 Å². The zero-order valence-electron chi connectivity index (χ0n) is 14.2. The highest BCUT2D eigenvalue weighted by Crippen LogP contribution is 2.37. The number of aliphatic hydroxyl groups is 3. The van der Waals surface area contributed by atoms with Crippen LogP contribution in [0.3, 0.4) is 0 Å². The Morgan fingerprint density at radius 1 is 0.885 bits per heavy atom. The monoisotopic (exact) mass is 358 g/mol. The van der Waals surface area contributed by atoms with Crippen molar-refractivity contribution in [1.29, 1.82) is 0 Å². The van der Waals surface area contributed by atoms with Gasteiger partial charge in [-0.2, -0.15) is 0 Å². The van der Waals surface area contributed by atoms with E-state index < -0.39 is 24.4 Å². The van der Waals surface area contributed by atoms with Crippen LogP contribution in [-0.2, 0) is 4.74 Å². The highest BCUT2D eigenvalue weighted by molar-refractivity contribution is 5.68. The summed E-state index contributed by atoms with van der Waals surface area (Å²) in [6, 6.07) is 13.5. The molecule has 2 aliphatic rings. The zero-order chi connectivity index (χ0) is 18.1. The maximum absolute atomic E-state index is 10.3. The largest absolute Gasteiger partial charge is 0.486 e. The Balaban J connectivity index is 1.62. The minimum absolute atomic E-state index is 0.171. The lowest BCUT2D eigenvalue weighted by molar-refractivity contribution is -0.181.